The molecule has 2 unspecified atom stereocenters. The van der Waals surface area contributed by atoms with Crippen LogP contribution in [0.5, 0.6) is 11.5 Å². The highest BCUT2D eigenvalue weighted by Gasteiger charge is 2.16. The van der Waals surface area contributed by atoms with Crippen molar-refractivity contribution in [1.29, 1.82) is 0 Å². The van der Waals surface area contributed by atoms with Crippen molar-refractivity contribution in [2.45, 2.75) is 38.3 Å². The molecule has 0 radical (unpaired) electrons. The molecule has 4 heteroatoms. The molecule has 1 heterocycles. The number of benzene rings is 1. The number of hydrogen-bond acceptors (Lipinski definition) is 4. The van der Waals surface area contributed by atoms with Crippen molar-refractivity contribution in [2.24, 2.45) is 0 Å². The van der Waals surface area contributed by atoms with Crippen LogP contribution < -0.4 is 5.32 Å². The van der Waals surface area contributed by atoms with Gasteiger partial charge in [0.05, 0.1) is 6.10 Å². The Labute approximate surface area is 108 Å². The number of hydrogen-bond donors (Lipinski definition) is 3. The van der Waals surface area contributed by atoms with E-state index >= 15 is 0 Å². The van der Waals surface area contributed by atoms with Gasteiger partial charge >= 0.3 is 0 Å². The minimum atomic E-state index is -0.0115. The lowest BCUT2D eigenvalue weighted by Crippen LogP contribution is -2.33. The Balaban J connectivity index is 1.90. The fourth-order valence-electron chi connectivity index (χ4n) is 2.28. The molecule has 2 atom stereocenters. The summed E-state index contributed by atoms with van der Waals surface area (Å²) in [6.07, 6.45) is 3.73. The van der Waals surface area contributed by atoms with Crippen LogP contribution in [0.1, 0.15) is 37.8 Å². The molecule has 18 heavy (non-hydrogen) atoms. The van der Waals surface area contributed by atoms with Crippen molar-refractivity contribution in [2.75, 3.05) is 13.2 Å². The molecule has 0 bridgehead atoms. The van der Waals surface area contributed by atoms with Gasteiger partial charge in [-0.05, 0) is 44.4 Å². The summed E-state index contributed by atoms with van der Waals surface area (Å²) in [4.78, 5) is 0. The lowest BCUT2D eigenvalue weighted by molar-refractivity contribution is 0.0156. The van der Waals surface area contributed by atoms with E-state index in [2.05, 4.69) is 5.32 Å². The van der Waals surface area contributed by atoms with Gasteiger partial charge in [-0.2, -0.15) is 0 Å². The number of rotatable bonds is 4. The summed E-state index contributed by atoms with van der Waals surface area (Å²) in [5.74, 6) is 0.378. The second-order valence-electron chi connectivity index (χ2n) is 4.86. The summed E-state index contributed by atoms with van der Waals surface area (Å²) in [5.41, 5.74) is 0.714. The Morgan fingerprint density at radius 3 is 2.94 bits per heavy atom. The average Bonchev–Trinajstić information content (AvgIpc) is 2.40. The monoisotopic (exact) mass is 251 g/mol. The van der Waals surface area contributed by atoms with Crippen molar-refractivity contribution in [3.63, 3.8) is 0 Å². The van der Waals surface area contributed by atoms with Crippen molar-refractivity contribution >= 4 is 0 Å². The molecule has 1 aromatic carbocycles. The molecule has 4 nitrogen and oxygen atoms in total. The first-order chi connectivity index (χ1) is 8.66. The molecule has 1 saturated heterocycles. The summed E-state index contributed by atoms with van der Waals surface area (Å²) in [7, 11) is 0. The maximum atomic E-state index is 9.76. The second-order valence-corrected chi connectivity index (χ2v) is 4.86. The van der Waals surface area contributed by atoms with Crippen LogP contribution in [0.15, 0.2) is 18.2 Å². The normalized spacial score (nSPS) is 21.7. The van der Waals surface area contributed by atoms with Gasteiger partial charge in [-0.3, -0.25) is 0 Å². The maximum Gasteiger partial charge on any atom is 0.120 e. The molecular weight excluding hydrogens is 230 g/mol. The molecule has 100 valence electrons. The largest absolute Gasteiger partial charge is 0.508 e. The smallest absolute Gasteiger partial charge is 0.120 e. The SMILES string of the molecule is CC(NCC1CCCCO1)c1cc(O)ccc1O. The minimum Gasteiger partial charge on any atom is -0.508 e. The van der Waals surface area contributed by atoms with Crippen LogP contribution >= 0.6 is 0 Å². The first-order valence-electron chi connectivity index (χ1n) is 6.53. The third kappa shape index (κ3) is 3.37. The summed E-state index contributed by atoms with van der Waals surface area (Å²) >= 11 is 0. The Kier molecular flexibility index (Phi) is 4.44. The van der Waals surface area contributed by atoms with Crippen LogP contribution in [0.4, 0.5) is 0 Å². The topological polar surface area (TPSA) is 61.7 Å². The maximum absolute atomic E-state index is 9.76. The van der Waals surface area contributed by atoms with Crippen molar-refractivity contribution in [3.8, 4) is 11.5 Å². The van der Waals surface area contributed by atoms with Crippen molar-refractivity contribution in [3.05, 3.63) is 23.8 Å². The van der Waals surface area contributed by atoms with E-state index in [1.807, 2.05) is 6.92 Å². The van der Waals surface area contributed by atoms with E-state index in [9.17, 15) is 10.2 Å². The zero-order valence-electron chi connectivity index (χ0n) is 10.7. The number of aromatic hydroxyl groups is 2. The van der Waals surface area contributed by atoms with Gasteiger partial charge in [0.25, 0.3) is 0 Å². The third-order valence-electron chi connectivity index (χ3n) is 3.40. The number of phenolic OH excluding ortho intramolecular Hbond substituents is 2. The zero-order valence-corrected chi connectivity index (χ0v) is 10.7. The minimum absolute atomic E-state index is 0.0115. The molecule has 0 amide bonds. The van der Waals surface area contributed by atoms with Crippen LogP contribution in [-0.4, -0.2) is 29.5 Å². The van der Waals surface area contributed by atoms with Crippen LogP contribution in [0, 0.1) is 0 Å². The van der Waals surface area contributed by atoms with Crippen LogP contribution in [0.25, 0.3) is 0 Å². The lowest BCUT2D eigenvalue weighted by Gasteiger charge is -2.25. The quantitative estimate of drug-likeness (QED) is 0.719. The highest BCUT2D eigenvalue weighted by Crippen LogP contribution is 2.27. The fraction of sp³-hybridized carbons (Fsp3) is 0.571. The van der Waals surface area contributed by atoms with Gasteiger partial charge in [-0.25, -0.2) is 0 Å². The van der Waals surface area contributed by atoms with Gasteiger partial charge in [-0.15, -0.1) is 0 Å². The zero-order chi connectivity index (χ0) is 13.0. The molecule has 1 aliphatic rings. The first-order valence-corrected chi connectivity index (χ1v) is 6.53. The van der Waals surface area contributed by atoms with E-state index in [4.69, 9.17) is 4.74 Å². The lowest BCUT2D eigenvalue weighted by atomic mass is 10.1. The van der Waals surface area contributed by atoms with Gasteiger partial charge in [0.1, 0.15) is 11.5 Å². The standard InChI is InChI=1S/C14H21NO3/c1-10(13-8-11(16)5-6-14(13)17)15-9-12-4-2-3-7-18-12/h5-6,8,10,12,15-17H,2-4,7,9H2,1H3. The molecule has 1 aliphatic heterocycles. The van der Waals surface area contributed by atoms with Gasteiger partial charge < -0.3 is 20.3 Å². The van der Waals surface area contributed by atoms with Gasteiger partial charge in [0.2, 0.25) is 0 Å². The average molecular weight is 251 g/mol. The Morgan fingerprint density at radius 1 is 1.39 bits per heavy atom. The van der Waals surface area contributed by atoms with Crippen molar-refractivity contribution in [1.82, 2.24) is 5.32 Å². The number of phenols is 2. The molecule has 1 fully saturated rings. The van der Waals surface area contributed by atoms with Gasteiger partial charge in [0, 0.05) is 24.8 Å². The van der Waals surface area contributed by atoms with Crippen molar-refractivity contribution < 1.29 is 14.9 Å². The summed E-state index contributed by atoms with van der Waals surface area (Å²) in [6, 6.07) is 4.58. The van der Waals surface area contributed by atoms with Crippen LogP contribution in [-0.2, 0) is 4.74 Å². The van der Waals surface area contributed by atoms with E-state index in [1.54, 1.807) is 6.07 Å². The first kappa shape index (κ1) is 13.2. The Hall–Kier alpha value is -1.26. The van der Waals surface area contributed by atoms with E-state index in [0.717, 1.165) is 26.0 Å². The number of ether oxygens (including phenoxy) is 1. The predicted molar refractivity (Wildman–Crippen MR) is 69.8 cm³/mol. The summed E-state index contributed by atoms with van der Waals surface area (Å²) in [6.45, 7) is 3.59. The molecule has 0 aromatic heterocycles. The van der Waals surface area contributed by atoms with Gasteiger partial charge in [0.15, 0.2) is 0 Å². The molecule has 3 N–H and O–H groups in total. The molecular formula is C14H21NO3. The third-order valence-corrected chi connectivity index (χ3v) is 3.40. The second kappa shape index (κ2) is 6.07. The van der Waals surface area contributed by atoms with Crippen LogP contribution in [0.3, 0.4) is 0 Å². The molecule has 0 spiro atoms. The summed E-state index contributed by atoms with van der Waals surface area (Å²) < 4.78 is 5.64. The van der Waals surface area contributed by atoms with Crippen LogP contribution in [0.2, 0.25) is 0 Å². The summed E-state index contributed by atoms with van der Waals surface area (Å²) in [5, 5.41) is 22.5. The van der Waals surface area contributed by atoms with E-state index in [0.29, 0.717) is 5.56 Å². The molecule has 0 aliphatic carbocycles. The highest BCUT2D eigenvalue weighted by atomic mass is 16.5. The highest BCUT2D eigenvalue weighted by molar-refractivity contribution is 5.40. The Bertz CT molecular complexity index is 389. The Morgan fingerprint density at radius 2 is 2.22 bits per heavy atom. The molecule has 1 aromatic rings. The fourth-order valence-corrected chi connectivity index (χ4v) is 2.28. The van der Waals surface area contributed by atoms with Gasteiger partial charge in [-0.1, -0.05) is 0 Å². The number of nitrogens with one attached hydrogen (secondary N) is 1. The van der Waals surface area contributed by atoms with E-state index < -0.39 is 0 Å². The molecule has 2 rings (SSSR count). The predicted octanol–water partition coefficient (Wildman–Crippen LogP) is 2.32. The molecule has 0 saturated carbocycles. The van der Waals surface area contributed by atoms with E-state index in [1.165, 1.54) is 18.6 Å². The van der Waals surface area contributed by atoms with E-state index in [-0.39, 0.29) is 23.6 Å².